The van der Waals surface area contributed by atoms with E-state index in [-0.39, 0.29) is 18.4 Å². The minimum absolute atomic E-state index is 0.0574. The van der Waals surface area contributed by atoms with Gasteiger partial charge in [0.1, 0.15) is 0 Å². The molecular formula is C16H22N2O4. The van der Waals surface area contributed by atoms with Crippen LogP contribution in [0.1, 0.15) is 19.8 Å². The van der Waals surface area contributed by atoms with Gasteiger partial charge in [-0.3, -0.25) is 9.59 Å². The van der Waals surface area contributed by atoms with Crippen molar-refractivity contribution in [3.63, 3.8) is 0 Å². The highest BCUT2D eigenvalue weighted by Gasteiger charge is 2.30. The van der Waals surface area contributed by atoms with Crippen molar-refractivity contribution in [2.45, 2.75) is 25.8 Å². The van der Waals surface area contributed by atoms with E-state index >= 15 is 0 Å². The van der Waals surface area contributed by atoms with Gasteiger partial charge in [-0.25, -0.2) is 0 Å². The normalized spacial score (nSPS) is 13.4. The van der Waals surface area contributed by atoms with Crippen LogP contribution >= 0.6 is 0 Å². The Morgan fingerprint density at radius 1 is 1.27 bits per heavy atom. The van der Waals surface area contributed by atoms with Crippen molar-refractivity contribution in [1.82, 2.24) is 10.2 Å². The van der Waals surface area contributed by atoms with Crippen LogP contribution in [-0.2, 0) is 9.59 Å². The Labute approximate surface area is 130 Å². The Kier molecular flexibility index (Phi) is 5.63. The zero-order chi connectivity index (χ0) is 15.9. The van der Waals surface area contributed by atoms with Crippen LogP contribution < -0.4 is 14.8 Å². The van der Waals surface area contributed by atoms with E-state index < -0.39 is 0 Å². The highest BCUT2D eigenvalue weighted by atomic mass is 16.5. The Hall–Kier alpha value is -2.24. The summed E-state index contributed by atoms with van der Waals surface area (Å²) >= 11 is 0. The maximum absolute atomic E-state index is 11.8. The van der Waals surface area contributed by atoms with Crippen LogP contribution in [0.25, 0.3) is 0 Å². The number of hydrogen-bond donors (Lipinski definition) is 1. The van der Waals surface area contributed by atoms with Crippen molar-refractivity contribution < 1.29 is 19.1 Å². The smallest absolute Gasteiger partial charge is 0.258 e. The molecule has 1 saturated carbocycles. The first kappa shape index (κ1) is 16.1. The Morgan fingerprint density at radius 2 is 1.95 bits per heavy atom. The van der Waals surface area contributed by atoms with E-state index in [1.54, 1.807) is 31.1 Å². The molecule has 2 rings (SSSR count). The van der Waals surface area contributed by atoms with Crippen LogP contribution in [0.15, 0.2) is 24.3 Å². The fourth-order valence-electron chi connectivity index (χ4n) is 2.23. The maximum atomic E-state index is 11.8. The van der Waals surface area contributed by atoms with Gasteiger partial charge in [-0.1, -0.05) is 12.1 Å². The molecule has 1 aliphatic carbocycles. The molecule has 1 aliphatic rings. The molecule has 0 spiro atoms. The van der Waals surface area contributed by atoms with Crippen molar-refractivity contribution in [2.24, 2.45) is 0 Å². The van der Waals surface area contributed by atoms with Crippen LogP contribution in [0.2, 0.25) is 0 Å². The topological polar surface area (TPSA) is 67.9 Å². The lowest BCUT2D eigenvalue weighted by molar-refractivity contribution is -0.130. The molecule has 2 amide bonds. The second kappa shape index (κ2) is 7.68. The lowest BCUT2D eigenvalue weighted by Gasteiger charge is -2.20. The Bertz CT molecular complexity index is 529. The van der Waals surface area contributed by atoms with Gasteiger partial charge in [-0.05, 0) is 25.0 Å². The second-order valence-corrected chi connectivity index (χ2v) is 5.23. The van der Waals surface area contributed by atoms with E-state index in [1.165, 1.54) is 0 Å². The maximum Gasteiger partial charge on any atom is 0.258 e. The molecule has 0 aromatic heterocycles. The Balaban J connectivity index is 1.70. The van der Waals surface area contributed by atoms with Gasteiger partial charge in [0.2, 0.25) is 5.91 Å². The summed E-state index contributed by atoms with van der Waals surface area (Å²) in [5, 5.41) is 2.76. The van der Waals surface area contributed by atoms with Gasteiger partial charge in [-0.15, -0.1) is 0 Å². The summed E-state index contributed by atoms with van der Waals surface area (Å²) in [5.74, 6) is 0.961. The number of amides is 2. The molecule has 1 aromatic carbocycles. The first-order chi connectivity index (χ1) is 10.6. The summed E-state index contributed by atoms with van der Waals surface area (Å²) in [4.78, 5) is 25.0. The molecule has 6 heteroatoms. The number of carbonyl (C=O) groups is 2. The number of hydrogen-bond acceptors (Lipinski definition) is 4. The minimum atomic E-state index is -0.217. The lowest BCUT2D eigenvalue weighted by atomic mass is 10.3. The monoisotopic (exact) mass is 306 g/mol. The second-order valence-electron chi connectivity index (χ2n) is 5.23. The van der Waals surface area contributed by atoms with Crippen LogP contribution in [0.5, 0.6) is 11.5 Å². The first-order valence-corrected chi connectivity index (χ1v) is 7.41. The quantitative estimate of drug-likeness (QED) is 0.783. The van der Waals surface area contributed by atoms with E-state index in [4.69, 9.17) is 9.47 Å². The Morgan fingerprint density at radius 3 is 2.55 bits per heavy atom. The van der Waals surface area contributed by atoms with Crippen LogP contribution in [0.3, 0.4) is 0 Å². The lowest BCUT2D eigenvalue weighted by Crippen LogP contribution is -2.40. The summed E-state index contributed by atoms with van der Waals surface area (Å²) in [5.41, 5.74) is 0. The molecule has 0 saturated heterocycles. The van der Waals surface area contributed by atoms with Crippen molar-refractivity contribution in [2.75, 3.05) is 26.8 Å². The number of nitrogens with one attached hydrogen (secondary N) is 1. The third kappa shape index (κ3) is 4.65. The number of benzene rings is 1. The van der Waals surface area contributed by atoms with Crippen LogP contribution in [0.4, 0.5) is 0 Å². The third-order valence-electron chi connectivity index (χ3n) is 3.49. The first-order valence-electron chi connectivity index (χ1n) is 7.41. The molecule has 0 bridgehead atoms. The highest BCUT2D eigenvalue weighted by molar-refractivity contribution is 5.78. The molecule has 0 radical (unpaired) electrons. The molecular weight excluding hydrogens is 284 g/mol. The van der Waals surface area contributed by atoms with Crippen LogP contribution in [-0.4, -0.2) is 49.6 Å². The molecule has 1 fully saturated rings. The summed E-state index contributed by atoms with van der Waals surface area (Å²) in [6, 6.07) is 7.53. The molecule has 120 valence electrons. The largest absolute Gasteiger partial charge is 0.493 e. The third-order valence-corrected chi connectivity index (χ3v) is 3.49. The van der Waals surface area contributed by atoms with E-state index in [9.17, 15) is 9.59 Å². The van der Waals surface area contributed by atoms with Gasteiger partial charge in [0.15, 0.2) is 18.1 Å². The van der Waals surface area contributed by atoms with Gasteiger partial charge >= 0.3 is 0 Å². The SMILES string of the molecule is COc1ccccc1OCC(=O)NCCN(C(C)=O)C1CC1. The molecule has 0 unspecified atom stereocenters. The molecule has 0 heterocycles. The van der Waals surface area contributed by atoms with Gasteiger partial charge in [-0.2, -0.15) is 0 Å². The molecule has 0 atom stereocenters. The number of para-hydroxylation sites is 2. The fourth-order valence-corrected chi connectivity index (χ4v) is 2.23. The molecule has 22 heavy (non-hydrogen) atoms. The standard InChI is InChI=1S/C16H22N2O4/c1-12(19)18(13-7-8-13)10-9-17-16(20)11-22-15-6-4-3-5-14(15)21-2/h3-6,13H,7-11H2,1-2H3,(H,17,20). The number of methoxy groups -OCH3 is 1. The average Bonchev–Trinajstić information content (AvgIpc) is 3.34. The predicted octanol–water partition coefficient (Wildman–Crippen LogP) is 1.20. The zero-order valence-corrected chi connectivity index (χ0v) is 13.0. The highest BCUT2D eigenvalue weighted by Crippen LogP contribution is 2.26. The molecule has 0 aliphatic heterocycles. The fraction of sp³-hybridized carbons (Fsp3) is 0.500. The van der Waals surface area contributed by atoms with E-state index in [0.29, 0.717) is 30.6 Å². The van der Waals surface area contributed by atoms with Crippen LogP contribution in [0, 0.1) is 0 Å². The summed E-state index contributed by atoms with van der Waals surface area (Å²) in [6.07, 6.45) is 2.12. The van der Waals surface area contributed by atoms with E-state index in [1.807, 2.05) is 12.1 Å². The minimum Gasteiger partial charge on any atom is -0.493 e. The average molecular weight is 306 g/mol. The number of rotatable bonds is 8. The van der Waals surface area contributed by atoms with Crippen molar-refractivity contribution in [3.8, 4) is 11.5 Å². The number of ether oxygens (including phenoxy) is 2. The van der Waals surface area contributed by atoms with Crippen molar-refractivity contribution in [1.29, 1.82) is 0 Å². The summed E-state index contributed by atoms with van der Waals surface area (Å²) in [7, 11) is 1.55. The molecule has 1 N–H and O–H groups in total. The number of nitrogens with zero attached hydrogens (tertiary/aromatic N) is 1. The van der Waals surface area contributed by atoms with E-state index in [2.05, 4.69) is 5.32 Å². The molecule has 1 aromatic rings. The van der Waals surface area contributed by atoms with Gasteiger partial charge in [0, 0.05) is 26.1 Å². The van der Waals surface area contributed by atoms with Crippen molar-refractivity contribution >= 4 is 11.8 Å². The van der Waals surface area contributed by atoms with Gasteiger partial charge in [0.05, 0.1) is 7.11 Å². The summed E-state index contributed by atoms with van der Waals surface area (Å²) < 4.78 is 10.6. The van der Waals surface area contributed by atoms with Gasteiger partial charge < -0.3 is 19.7 Å². The zero-order valence-electron chi connectivity index (χ0n) is 13.0. The van der Waals surface area contributed by atoms with Gasteiger partial charge in [0.25, 0.3) is 5.91 Å². The van der Waals surface area contributed by atoms with Crippen molar-refractivity contribution in [3.05, 3.63) is 24.3 Å². The summed E-state index contributed by atoms with van der Waals surface area (Å²) in [6.45, 7) is 2.46. The molecule has 6 nitrogen and oxygen atoms in total. The predicted molar refractivity (Wildman–Crippen MR) is 81.9 cm³/mol. The number of carbonyl (C=O) groups excluding carboxylic acids is 2. The van der Waals surface area contributed by atoms with E-state index in [0.717, 1.165) is 12.8 Å².